The molecule has 0 heterocycles. The molecule has 3 nitrogen and oxygen atoms in total. The van der Waals surface area contributed by atoms with Crippen molar-refractivity contribution in [2.45, 2.75) is 45.3 Å². The number of rotatable bonds is 8. The fraction of sp³-hybridized carbons (Fsp3) is 0.423. The average Bonchev–Trinajstić information content (AvgIpc) is 2.69. The van der Waals surface area contributed by atoms with Gasteiger partial charge < -0.3 is 10.2 Å². The molecule has 4 heteroatoms. The Bertz CT molecular complexity index is 892. The summed E-state index contributed by atoms with van der Waals surface area (Å²) in [5, 5.41) is 3.52. The molecule has 1 aliphatic carbocycles. The molecular formula is C26H34N2OS. The summed E-state index contributed by atoms with van der Waals surface area (Å²) in [6, 6.07) is 13.1. The summed E-state index contributed by atoms with van der Waals surface area (Å²) in [4.78, 5) is 14.4. The summed E-state index contributed by atoms with van der Waals surface area (Å²) in [7, 11) is 4.09. The van der Waals surface area contributed by atoms with Crippen LogP contribution in [0.25, 0.3) is 0 Å². The molecule has 1 aliphatic rings. The van der Waals surface area contributed by atoms with Crippen molar-refractivity contribution in [2.75, 3.05) is 31.3 Å². The van der Waals surface area contributed by atoms with Crippen LogP contribution in [0.5, 0.6) is 0 Å². The van der Waals surface area contributed by atoms with Crippen molar-refractivity contribution < 1.29 is 4.79 Å². The third kappa shape index (κ3) is 5.91. The zero-order chi connectivity index (χ0) is 21.7. The first-order chi connectivity index (χ1) is 14.3. The highest BCUT2D eigenvalue weighted by molar-refractivity contribution is 7.98. The minimum atomic E-state index is 0.226. The second-order valence-corrected chi connectivity index (χ2v) is 9.69. The summed E-state index contributed by atoms with van der Waals surface area (Å²) >= 11 is 1.95. The number of anilines is 1. The van der Waals surface area contributed by atoms with Gasteiger partial charge >= 0.3 is 0 Å². The molecule has 1 atom stereocenters. The highest BCUT2D eigenvalue weighted by Crippen LogP contribution is 2.31. The Balaban J connectivity index is 1.49. The molecule has 30 heavy (non-hydrogen) atoms. The third-order valence-electron chi connectivity index (χ3n) is 5.82. The van der Waals surface area contributed by atoms with Gasteiger partial charge in [0.2, 0.25) is 0 Å². The van der Waals surface area contributed by atoms with Crippen LogP contribution in [0.2, 0.25) is 0 Å². The van der Waals surface area contributed by atoms with E-state index in [9.17, 15) is 4.79 Å². The number of hydrogen-bond donors (Lipinski definition) is 1. The van der Waals surface area contributed by atoms with Gasteiger partial charge in [-0.2, -0.15) is 11.8 Å². The summed E-state index contributed by atoms with van der Waals surface area (Å²) in [6.45, 7) is 7.46. The van der Waals surface area contributed by atoms with Gasteiger partial charge in [0.05, 0.1) is 0 Å². The van der Waals surface area contributed by atoms with E-state index in [1.54, 1.807) is 0 Å². The van der Waals surface area contributed by atoms with E-state index in [1.807, 2.05) is 31.9 Å². The van der Waals surface area contributed by atoms with Crippen LogP contribution in [0.3, 0.4) is 0 Å². The van der Waals surface area contributed by atoms with Gasteiger partial charge in [0.15, 0.2) is 5.78 Å². The van der Waals surface area contributed by atoms with Crippen molar-refractivity contribution in [3.63, 3.8) is 0 Å². The van der Waals surface area contributed by atoms with Crippen LogP contribution in [-0.4, -0.2) is 32.2 Å². The molecule has 0 amide bonds. The smallest absolute Gasteiger partial charge is 0.158 e. The predicted molar refractivity (Wildman–Crippen MR) is 131 cm³/mol. The number of hydrogen-bond acceptors (Lipinski definition) is 4. The number of nitrogens with one attached hydrogen (secondary N) is 1. The Morgan fingerprint density at radius 3 is 2.33 bits per heavy atom. The average molecular weight is 423 g/mol. The van der Waals surface area contributed by atoms with E-state index < -0.39 is 0 Å². The van der Waals surface area contributed by atoms with Gasteiger partial charge in [-0.1, -0.05) is 29.8 Å². The zero-order valence-electron chi connectivity index (χ0n) is 18.9. The normalized spacial score (nSPS) is 16.4. The maximum atomic E-state index is 12.3. The minimum Gasteiger partial charge on any atom is -0.387 e. The number of benzene rings is 2. The Morgan fingerprint density at radius 1 is 1.03 bits per heavy atom. The molecule has 1 unspecified atom stereocenters. The molecule has 0 bridgehead atoms. The predicted octanol–water partition coefficient (Wildman–Crippen LogP) is 5.53. The molecule has 0 saturated carbocycles. The van der Waals surface area contributed by atoms with E-state index in [2.05, 4.69) is 67.4 Å². The van der Waals surface area contributed by atoms with E-state index in [0.717, 1.165) is 30.2 Å². The lowest BCUT2D eigenvalue weighted by molar-refractivity contribution is -0.115. The molecule has 3 rings (SSSR count). The largest absolute Gasteiger partial charge is 0.387 e. The second kappa shape index (κ2) is 10.2. The quantitative estimate of drug-likeness (QED) is 0.567. The van der Waals surface area contributed by atoms with E-state index >= 15 is 0 Å². The summed E-state index contributed by atoms with van der Waals surface area (Å²) in [6.07, 6.45) is 3.32. The summed E-state index contributed by atoms with van der Waals surface area (Å²) < 4.78 is 0. The van der Waals surface area contributed by atoms with Gasteiger partial charge in [-0.3, -0.25) is 4.79 Å². The molecule has 0 radical (unpaired) electrons. The summed E-state index contributed by atoms with van der Waals surface area (Å²) in [5.41, 5.74) is 9.08. The van der Waals surface area contributed by atoms with Crippen molar-refractivity contribution in [1.29, 1.82) is 0 Å². The third-order valence-corrected chi connectivity index (χ3v) is 6.80. The molecular weight excluding hydrogens is 388 g/mol. The maximum Gasteiger partial charge on any atom is 0.158 e. The summed E-state index contributed by atoms with van der Waals surface area (Å²) in [5.74, 6) is 2.56. The number of carbonyl (C=O) groups is 1. The van der Waals surface area contributed by atoms with Gasteiger partial charge in [0.25, 0.3) is 0 Å². The molecule has 2 aromatic carbocycles. The van der Waals surface area contributed by atoms with Gasteiger partial charge in [0.1, 0.15) is 0 Å². The van der Waals surface area contributed by atoms with Crippen LogP contribution in [0.4, 0.5) is 5.69 Å². The number of carbonyl (C=O) groups excluding carboxylic acids is 1. The Hall–Kier alpha value is -2.20. The lowest BCUT2D eigenvalue weighted by Crippen LogP contribution is -2.24. The van der Waals surface area contributed by atoms with Crippen LogP contribution in [-0.2, 0) is 10.5 Å². The highest BCUT2D eigenvalue weighted by Gasteiger charge is 2.22. The highest BCUT2D eigenvalue weighted by atomic mass is 32.2. The number of nitrogens with zero attached hydrogens (tertiary/aromatic N) is 1. The van der Waals surface area contributed by atoms with Crippen molar-refractivity contribution in [2.24, 2.45) is 0 Å². The molecule has 1 N–H and O–H groups in total. The van der Waals surface area contributed by atoms with E-state index in [0.29, 0.717) is 6.42 Å². The SMILES string of the molecule is Cc1cc(C)c(CSCCNC2=CC(=O)CC(c3ccc(N(C)C)cc3)C2)c(C)c1. The zero-order valence-corrected chi connectivity index (χ0v) is 19.7. The first kappa shape index (κ1) is 22.5. The van der Waals surface area contributed by atoms with Crippen molar-refractivity contribution in [3.8, 4) is 0 Å². The standard InChI is InChI=1S/C26H34N2OS/c1-18-12-19(2)26(20(3)13-18)17-30-11-10-27-23-14-22(15-25(29)16-23)21-6-8-24(9-7-21)28(4)5/h6-9,12-13,16,22,27H,10-11,14-15,17H2,1-5H3. The van der Waals surface area contributed by atoms with Crippen molar-refractivity contribution >= 4 is 23.2 Å². The van der Waals surface area contributed by atoms with Gasteiger partial charge in [0, 0.05) is 56.0 Å². The molecule has 2 aromatic rings. The van der Waals surface area contributed by atoms with E-state index in [4.69, 9.17) is 0 Å². The van der Waals surface area contributed by atoms with Gasteiger partial charge in [-0.05, 0) is 67.5 Å². The first-order valence-corrected chi connectivity index (χ1v) is 11.9. The lowest BCUT2D eigenvalue weighted by Gasteiger charge is -2.24. The first-order valence-electron chi connectivity index (χ1n) is 10.7. The van der Waals surface area contributed by atoms with Crippen LogP contribution in [0.1, 0.15) is 46.6 Å². The fourth-order valence-corrected chi connectivity index (χ4v) is 5.24. The molecule has 0 aromatic heterocycles. The van der Waals surface area contributed by atoms with Crippen LogP contribution in [0, 0.1) is 20.8 Å². The Kier molecular flexibility index (Phi) is 7.65. The molecule has 0 fully saturated rings. The number of allylic oxidation sites excluding steroid dienone is 2. The van der Waals surface area contributed by atoms with E-state index in [1.165, 1.54) is 33.5 Å². The maximum absolute atomic E-state index is 12.3. The van der Waals surface area contributed by atoms with Crippen molar-refractivity contribution in [1.82, 2.24) is 5.32 Å². The molecule has 0 spiro atoms. The lowest BCUT2D eigenvalue weighted by atomic mass is 9.85. The molecule has 0 saturated heterocycles. The Labute approximate surface area is 185 Å². The fourth-order valence-electron chi connectivity index (χ4n) is 4.19. The second-order valence-electron chi connectivity index (χ2n) is 8.58. The van der Waals surface area contributed by atoms with Crippen LogP contribution < -0.4 is 10.2 Å². The van der Waals surface area contributed by atoms with E-state index in [-0.39, 0.29) is 11.7 Å². The molecule has 160 valence electrons. The minimum absolute atomic E-state index is 0.226. The monoisotopic (exact) mass is 422 g/mol. The number of thioether (sulfide) groups is 1. The number of aryl methyl sites for hydroxylation is 3. The van der Waals surface area contributed by atoms with Crippen molar-refractivity contribution in [3.05, 3.63) is 76.0 Å². The molecule has 0 aliphatic heterocycles. The topological polar surface area (TPSA) is 32.3 Å². The van der Waals surface area contributed by atoms with Crippen LogP contribution in [0.15, 0.2) is 48.2 Å². The van der Waals surface area contributed by atoms with Gasteiger partial charge in [-0.25, -0.2) is 0 Å². The van der Waals surface area contributed by atoms with Crippen LogP contribution >= 0.6 is 11.8 Å². The number of ketones is 1. The van der Waals surface area contributed by atoms with Gasteiger partial charge in [-0.15, -0.1) is 0 Å². The Morgan fingerprint density at radius 2 is 1.70 bits per heavy atom.